The summed E-state index contributed by atoms with van der Waals surface area (Å²) in [5.41, 5.74) is 3.72. The van der Waals surface area contributed by atoms with Gasteiger partial charge in [0, 0.05) is 24.5 Å². The predicted molar refractivity (Wildman–Crippen MR) is 107 cm³/mol. The van der Waals surface area contributed by atoms with E-state index >= 15 is 0 Å². The Morgan fingerprint density at radius 2 is 2.04 bits per heavy atom. The highest BCUT2D eigenvalue weighted by Crippen LogP contribution is 2.24. The lowest BCUT2D eigenvalue weighted by Gasteiger charge is -2.32. The molecule has 0 radical (unpaired) electrons. The number of aryl methyl sites for hydroxylation is 2. The third-order valence-corrected chi connectivity index (χ3v) is 6.07. The molecule has 0 saturated carbocycles. The highest BCUT2D eigenvalue weighted by atomic mass is 32.1. The smallest absolute Gasteiger partial charge is 0.239 e. The second kappa shape index (κ2) is 8.23. The van der Waals surface area contributed by atoms with Gasteiger partial charge in [0.05, 0.1) is 6.04 Å². The standard InChI is InChI=1S/C21H28N2O2S/c1-15-11-16(2)13-19(12-15)25-9-8-22(4)17(3)21(24)23-7-5-20-18(14-23)6-10-26-20/h6,10-13,17H,5,7-9,14H2,1-4H3. The average molecular weight is 373 g/mol. The number of likely N-dealkylation sites (N-methyl/N-ethyl adjacent to an activating group) is 1. The molecule has 0 bridgehead atoms. The molecule has 1 atom stereocenters. The van der Waals surface area contributed by atoms with Crippen molar-refractivity contribution in [2.45, 2.75) is 39.8 Å². The SMILES string of the molecule is Cc1cc(C)cc(OCCN(C)C(C)C(=O)N2CCc3sccc3C2)c1. The van der Waals surface area contributed by atoms with E-state index in [-0.39, 0.29) is 11.9 Å². The fourth-order valence-electron chi connectivity index (χ4n) is 3.41. The van der Waals surface area contributed by atoms with Crippen LogP contribution in [0.5, 0.6) is 5.75 Å². The van der Waals surface area contributed by atoms with Crippen molar-refractivity contribution in [3.63, 3.8) is 0 Å². The van der Waals surface area contributed by atoms with Crippen LogP contribution in [0.1, 0.15) is 28.5 Å². The van der Waals surface area contributed by atoms with E-state index in [1.54, 1.807) is 11.3 Å². The zero-order chi connectivity index (χ0) is 18.7. The minimum atomic E-state index is -0.141. The normalized spacial score (nSPS) is 15.0. The third-order valence-electron chi connectivity index (χ3n) is 5.05. The number of hydrogen-bond acceptors (Lipinski definition) is 4. The molecule has 5 heteroatoms. The predicted octanol–water partition coefficient (Wildman–Crippen LogP) is 3.65. The quantitative estimate of drug-likeness (QED) is 0.776. The Balaban J connectivity index is 1.49. The summed E-state index contributed by atoms with van der Waals surface area (Å²) in [6.07, 6.45) is 0.977. The molecular weight excluding hydrogens is 344 g/mol. The van der Waals surface area contributed by atoms with Crippen LogP contribution in [0.3, 0.4) is 0 Å². The Morgan fingerprint density at radius 3 is 2.77 bits per heavy atom. The number of fused-ring (bicyclic) bond motifs is 1. The topological polar surface area (TPSA) is 32.8 Å². The number of nitrogens with zero attached hydrogens (tertiary/aromatic N) is 2. The van der Waals surface area contributed by atoms with E-state index in [4.69, 9.17) is 4.74 Å². The molecule has 0 aliphatic carbocycles. The molecule has 0 N–H and O–H groups in total. The molecule has 1 amide bonds. The zero-order valence-corrected chi connectivity index (χ0v) is 16.9. The van der Waals surface area contributed by atoms with Gasteiger partial charge in [-0.25, -0.2) is 0 Å². The number of amides is 1. The first-order chi connectivity index (χ1) is 12.4. The van der Waals surface area contributed by atoms with Crippen LogP contribution in [0.4, 0.5) is 0 Å². The van der Waals surface area contributed by atoms with Crippen molar-refractivity contribution in [3.05, 3.63) is 51.2 Å². The first-order valence-corrected chi connectivity index (χ1v) is 10.1. The fourth-order valence-corrected chi connectivity index (χ4v) is 4.30. The Morgan fingerprint density at radius 1 is 1.31 bits per heavy atom. The monoisotopic (exact) mass is 372 g/mol. The molecule has 0 fully saturated rings. The van der Waals surface area contributed by atoms with Gasteiger partial charge in [-0.15, -0.1) is 11.3 Å². The van der Waals surface area contributed by atoms with E-state index in [9.17, 15) is 4.79 Å². The van der Waals surface area contributed by atoms with Gasteiger partial charge in [-0.3, -0.25) is 9.69 Å². The first-order valence-electron chi connectivity index (χ1n) is 9.19. The molecule has 2 heterocycles. The van der Waals surface area contributed by atoms with E-state index in [0.717, 1.165) is 31.8 Å². The highest BCUT2D eigenvalue weighted by molar-refractivity contribution is 7.10. The van der Waals surface area contributed by atoms with E-state index in [1.807, 2.05) is 31.0 Å². The van der Waals surface area contributed by atoms with Crippen LogP contribution in [0.25, 0.3) is 0 Å². The Bertz CT molecular complexity index is 751. The molecule has 1 aromatic carbocycles. The maximum Gasteiger partial charge on any atom is 0.239 e. The Kier molecular flexibility index (Phi) is 5.99. The summed E-state index contributed by atoms with van der Waals surface area (Å²) in [6.45, 7) is 9.00. The summed E-state index contributed by atoms with van der Waals surface area (Å²) < 4.78 is 5.88. The zero-order valence-electron chi connectivity index (χ0n) is 16.1. The van der Waals surface area contributed by atoms with Crippen LogP contribution in [-0.2, 0) is 17.8 Å². The van der Waals surface area contributed by atoms with E-state index < -0.39 is 0 Å². The fraction of sp³-hybridized carbons (Fsp3) is 0.476. The van der Waals surface area contributed by atoms with Gasteiger partial charge in [-0.2, -0.15) is 0 Å². The second-order valence-electron chi connectivity index (χ2n) is 7.21. The highest BCUT2D eigenvalue weighted by Gasteiger charge is 2.27. The average Bonchev–Trinajstić information content (AvgIpc) is 3.07. The van der Waals surface area contributed by atoms with Crippen LogP contribution in [0.2, 0.25) is 0 Å². The van der Waals surface area contributed by atoms with Crippen LogP contribution >= 0.6 is 11.3 Å². The van der Waals surface area contributed by atoms with Gasteiger partial charge in [0.2, 0.25) is 5.91 Å². The summed E-state index contributed by atoms with van der Waals surface area (Å²) in [5, 5.41) is 2.12. The molecule has 1 aromatic heterocycles. The number of benzene rings is 1. The Hall–Kier alpha value is -1.85. The summed E-state index contributed by atoms with van der Waals surface area (Å²) in [7, 11) is 1.99. The van der Waals surface area contributed by atoms with Crippen LogP contribution in [0, 0.1) is 13.8 Å². The summed E-state index contributed by atoms with van der Waals surface area (Å²) in [4.78, 5) is 18.3. The first kappa shape index (κ1) is 18.9. The number of rotatable bonds is 6. The van der Waals surface area contributed by atoms with E-state index in [0.29, 0.717) is 6.61 Å². The van der Waals surface area contributed by atoms with Gasteiger partial charge >= 0.3 is 0 Å². The summed E-state index contributed by atoms with van der Waals surface area (Å²) in [6, 6.07) is 8.24. The van der Waals surface area contributed by atoms with Gasteiger partial charge in [-0.05, 0) is 74.5 Å². The Labute approximate surface area is 160 Å². The van der Waals surface area contributed by atoms with Crippen molar-refractivity contribution < 1.29 is 9.53 Å². The van der Waals surface area contributed by atoms with Gasteiger partial charge in [-0.1, -0.05) is 6.07 Å². The maximum atomic E-state index is 12.8. The molecule has 1 aliphatic heterocycles. The van der Waals surface area contributed by atoms with Crippen molar-refractivity contribution in [2.75, 3.05) is 26.7 Å². The van der Waals surface area contributed by atoms with Crippen molar-refractivity contribution in [2.24, 2.45) is 0 Å². The van der Waals surface area contributed by atoms with E-state index in [1.165, 1.54) is 21.6 Å². The number of hydrogen-bond donors (Lipinski definition) is 0. The molecule has 1 aliphatic rings. The van der Waals surface area contributed by atoms with Crippen molar-refractivity contribution in [3.8, 4) is 5.75 Å². The summed E-state index contributed by atoms with van der Waals surface area (Å²) in [5.74, 6) is 1.10. The van der Waals surface area contributed by atoms with Gasteiger partial charge in [0.1, 0.15) is 12.4 Å². The molecule has 140 valence electrons. The van der Waals surface area contributed by atoms with Crippen LogP contribution < -0.4 is 4.74 Å². The molecule has 3 rings (SSSR count). The summed E-state index contributed by atoms with van der Waals surface area (Å²) >= 11 is 1.80. The van der Waals surface area contributed by atoms with Gasteiger partial charge in [0.15, 0.2) is 0 Å². The molecule has 2 aromatic rings. The minimum Gasteiger partial charge on any atom is -0.492 e. The number of thiophene rings is 1. The largest absolute Gasteiger partial charge is 0.492 e. The molecule has 4 nitrogen and oxygen atoms in total. The van der Waals surface area contributed by atoms with Crippen LogP contribution in [0.15, 0.2) is 29.6 Å². The van der Waals surface area contributed by atoms with Crippen molar-refractivity contribution >= 4 is 17.2 Å². The number of ether oxygens (including phenoxy) is 1. The lowest BCUT2D eigenvalue weighted by atomic mass is 10.1. The number of carbonyl (C=O) groups is 1. The molecule has 26 heavy (non-hydrogen) atoms. The molecule has 0 spiro atoms. The molecular formula is C21H28N2O2S. The van der Waals surface area contributed by atoms with Crippen molar-refractivity contribution in [1.82, 2.24) is 9.80 Å². The van der Waals surface area contributed by atoms with Crippen molar-refractivity contribution in [1.29, 1.82) is 0 Å². The third kappa shape index (κ3) is 4.46. The lowest BCUT2D eigenvalue weighted by molar-refractivity contribution is -0.137. The second-order valence-corrected chi connectivity index (χ2v) is 8.21. The van der Waals surface area contributed by atoms with Crippen LogP contribution in [-0.4, -0.2) is 48.5 Å². The van der Waals surface area contributed by atoms with Gasteiger partial charge in [0.25, 0.3) is 0 Å². The van der Waals surface area contributed by atoms with E-state index in [2.05, 4.69) is 36.3 Å². The molecule has 0 saturated heterocycles. The maximum absolute atomic E-state index is 12.8. The molecule has 1 unspecified atom stereocenters. The minimum absolute atomic E-state index is 0.141. The lowest BCUT2D eigenvalue weighted by Crippen LogP contribution is -2.48. The van der Waals surface area contributed by atoms with Gasteiger partial charge < -0.3 is 9.64 Å². The number of carbonyl (C=O) groups excluding carboxylic acids is 1.